The van der Waals surface area contributed by atoms with Gasteiger partial charge in [0.05, 0.1) is 12.1 Å². The molecule has 0 saturated heterocycles. The third-order valence-corrected chi connectivity index (χ3v) is 3.09. The zero-order valence-electron chi connectivity index (χ0n) is 8.03. The average Bonchev–Trinajstić information content (AvgIpc) is 2.83. The van der Waals surface area contributed by atoms with Crippen molar-refractivity contribution >= 4 is 17.1 Å². The number of thiazole rings is 1. The maximum Gasteiger partial charge on any atom is 0.151 e. The lowest BCUT2D eigenvalue weighted by Crippen LogP contribution is -2.25. The molecule has 1 aromatic heterocycles. The summed E-state index contributed by atoms with van der Waals surface area (Å²) < 4.78 is 0. The van der Waals surface area contributed by atoms with Crippen LogP contribution >= 0.6 is 11.3 Å². The molecule has 1 aliphatic carbocycles. The number of ketones is 1. The van der Waals surface area contributed by atoms with E-state index < -0.39 is 0 Å². The third-order valence-electron chi connectivity index (χ3n) is 2.31. The van der Waals surface area contributed by atoms with E-state index in [0.29, 0.717) is 13.0 Å². The van der Waals surface area contributed by atoms with Crippen molar-refractivity contribution in [2.24, 2.45) is 5.92 Å². The summed E-state index contributed by atoms with van der Waals surface area (Å²) in [6, 6.07) is 0. The molecular formula is C10H14N2OS. The Morgan fingerprint density at radius 3 is 3.14 bits per heavy atom. The number of carbonyl (C=O) groups is 1. The fourth-order valence-corrected chi connectivity index (χ4v) is 1.95. The van der Waals surface area contributed by atoms with Gasteiger partial charge in [0.25, 0.3) is 0 Å². The van der Waals surface area contributed by atoms with Crippen LogP contribution < -0.4 is 5.32 Å². The summed E-state index contributed by atoms with van der Waals surface area (Å²) in [7, 11) is 0. The number of Topliss-reactive ketones (excluding diaryl/α,β-unsaturated/α-hetero) is 1. The van der Waals surface area contributed by atoms with Crippen molar-refractivity contribution in [1.29, 1.82) is 0 Å². The highest BCUT2D eigenvalue weighted by Gasteiger charge is 2.20. The Labute approximate surface area is 87.6 Å². The highest BCUT2D eigenvalue weighted by atomic mass is 32.1. The Balaban J connectivity index is 1.62. The first-order valence-corrected chi connectivity index (χ1v) is 5.82. The van der Waals surface area contributed by atoms with Gasteiger partial charge in [-0.25, -0.2) is 0 Å². The minimum absolute atomic E-state index is 0.259. The summed E-state index contributed by atoms with van der Waals surface area (Å²) >= 11 is 1.54. The molecule has 1 N–H and O–H groups in total. The van der Waals surface area contributed by atoms with Crippen LogP contribution in [0.1, 0.15) is 17.7 Å². The lowest BCUT2D eigenvalue weighted by atomic mass is 10.2. The van der Waals surface area contributed by atoms with Crippen molar-refractivity contribution in [2.45, 2.75) is 19.3 Å². The van der Waals surface area contributed by atoms with Crippen LogP contribution in [0.5, 0.6) is 0 Å². The van der Waals surface area contributed by atoms with E-state index in [1.165, 1.54) is 12.8 Å². The SMILES string of the molecule is O=C(CNCC1CC1)Cc1cncs1. The minimum atomic E-state index is 0.259. The predicted octanol–water partition coefficient (Wildman–Crippen LogP) is 1.25. The first-order valence-electron chi connectivity index (χ1n) is 4.94. The fourth-order valence-electron chi connectivity index (χ4n) is 1.32. The molecule has 2 rings (SSSR count). The fraction of sp³-hybridized carbons (Fsp3) is 0.600. The molecule has 76 valence electrons. The number of hydrogen-bond donors (Lipinski definition) is 1. The van der Waals surface area contributed by atoms with Crippen molar-refractivity contribution < 1.29 is 4.79 Å². The topological polar surface area (TPSA) is 42.0 Å². The number of nitrogens with one attached hydrogen (secondary N) is 1. The smallest absolute Gasteiger partial charge is 0.151 e. The van der Waals surface area contributed by atoms with Gasteiger partial charge in [-0.15, -0.1) is 11.3 Å². The van der Waals surface area contributed by atoms with Crippen molar-refractivity contribution in [1.82, 2.24) is 10.3 Å². The molecular weight excluding hydrogens is 196 g/mol. The minimum Gasteiger partial charge on any atom is -0.310 e. The molecule has 0 aliphatic heterocycles. The average molecular weight is 210 g/mol. The summed E-state index contributed by atoms with van der Waals surface area (Å²) in [6.07, 6.45) is 4.96. The summed E-state index contributed by atoms with van der Waals surface area (Å²) in [5.74, 6) is 1.10. The summed E-state index contributed by atoms with van der Waals surface area (Å²) in [5.41, 5.74) is 1.76. The van der Waals surface area contributed by atoms with Gasteiger partial charge in [0.15, 0.2) is 5.78 Å². The molecule has 14 heavy (non-hydrogen) atoms. The van der Waals surface area contributed by atoms with Gasteiger partial charge in [-0.2, -0.15) is 0 Å². The Morgan fingerprint density at radius 1 is 1.64 bits per heavy atom. The zero-order chi connectivity index (χ0) is 9.80. The Hall–Kier alpha value is -0.740. The molecule has 1 aliphatic rings. The van der Waals surface area contributed by atoms with Crippen LogP contribution in [0, 0.1) is 5.92 Å². The van der Waals surface area contributed by atoms with Crippen LogP contribution in [-0.4, -0.2) is 23.9 Å². The monoisotopic (exact) mass is 210 g/mol. The molecule has 0 radical (unpaired) electrons. The van der Waals surface area contributed by atoms with Crippen LogP contribution in [0.2, 0.25) is 0 Å². The van der Waals surface area contributed by atoms with Crippen molar-refractivity contribution in [3.63, 3.8) is 0 Å². The predicted molar refractivity (Wildman–Crippen MR) is 56.4 cm³/mol. The number of rotatable bonds is 6. The Kier molecular flexibility index (Phi) is 3.26. The number of aromatic nitrogens is 1. The molecule has 0 unspecified atom stereocenters. The molecule has 1 aromatic rings. The van der Waals surface area contributed by atoms with E-state index >= 15 is 0 Å². The molecule has 0 spiro atoms. The number of carbonyl (C=O) groups excluding carboxylic acids is 1. The molecule has 1 saturated carbocycles. The van der Waals surface area contributed by atoms with E-state index in [-0.39, 0.29) is 5.78 Å². The van der Waals surface area contributed by atoms with Crippen molar-refractivity contribution in [3.05, 3.63) is 16.6 Å². The summed E-state index contributed by atoms with van der Waals surface area (Å²) in [4.78, 5) is 16.4. The molecule has 0 aromatic carbocycles. The Bertz CT molecular complexity index is 293. The summed E-state index contributed by atoms with van der Waals surface area (Å²) in [5, 5.41) is 3.19. The van der Waals surface area contributed by atoms with E-state index in [9.17, 15) is 4.79 Å². The molecule has 0 amide bonds. The van der Waals surface area contributed by atoms with E-state index in [2.05, 4.69) is 10.3 Å². The normalized spacial score (nSPS) is 15.7. The van der Waals surface area contributed by atoms with Gasteiger partial charge >= 0.3 is 0 Å². The van der Waals surface area contributed by atoms with Gasteiger partial charge in [0.1, 0.15) is 0 Å². The van der Waals surface area contributed by atoms with Crippen LogP contribution in [0.4, 0.5) is 0 Å². The van der Waals surface area contributed by atoms with Gasteiger partial charge in [0.2, 0.25) is 0 Å². The van der Waals surface area contributed by atoms with Crippen LogP contribution in [0.25, 0.3) is 0 Å². The van der Waals surface area contributed by atoms with Crippen LogP contribution in [0.15, 0.2) is 11.7 Å². The maximum absolute atomic E-state index is 11.4. The highest BCUT2D eigenvalue weighted by Crippen LogP contribution is 2.27. The number of hydrogen-bond acceptors (Lipinski definition) is 4. The van der Waals surface area contributed by atoms with E-state index in [1.54, 1.807) is 23.0 Å². The van der Waals surface area contributed by atoms with E-state index in [4.69, 9.17) is 0 Å². The van der Waals surface area contributed by atoms with E-state index in [1.807, 2.05) is 0 Å². The quantitative estimate of drug-likeness (QED) is 0.768. The second-order valence-corrected chi connectivity index (χ2v) is 4.73. The van der Waals surface area contributed by atoms with Crippen molar-refractivity contribution in [3.8, 4) is 0 Å². The largest absolute Gasteiger partial charge is 0.310 e. The second kappa shape index (κ2) is 4.66. The number of nitrogens with zero attached hydrogens (tertiary/aromatic N) is 1. The lowest BCUT2D eigenvalue weighted by Gasteiger charge is -2.01. The maximum atomic E-state index is 11.4. The molecule has 0 bridgehead atoms. The molecule has 4 heteroatoms. The van der Waals surface area contributed by atoms with Gasteiger partial charge in [-0.1, -0.05) is 0 Å². The molecule has 0 atom stereocenters. The van der Waals surface area contributed by atoms with Crippen LogP contribution in [0.3, 0.4) is 0 Å². The van der Waals surface area contributed by atoms with Crippen LogP contribution in [-0.2, 0) is 11.2 Å². The first kappa shape index (κ1) is 9.80. The highest BCUT2D eigenvalue weighted by molar-refractivity contribution is 7.09. The zero-order valence-corrected chi connectivity index (χ0v) is 8.85. The van der Waals surface area contributed by atoms with Gasteiger partial charge < -0.3 is 5.32 Å². The Morgan fingerprint density at radius 2 is 2.50 bits per heavy atom. The lowest BCUT2D eigenvalue weighted by molar-refractivity contribution is -0.117. The van der Waals surface area contributed by atoms with Gasteiger partial charge in [0, 0.05) is 17.5 Å². The molecule has 3 nitrogen and oxygen atoms in total. The summed E-state index contributed by atoms with van der Waals surface area (Å²) in [6.45, 7) is 1.52. The van der Waals surface area contributed by atoms with E-state index in [0.717, 1.165) is 17.3 Å². The molecule has 1 heterocycles. The second-order valence-electron chi connectivity index (χ2n) is 3.76. The van der Waals surface area contributed by atoms with Crippen molar-refractivity contribution in [2.75, 3.05) is 13.1 Å². The standard InChI is InChI=1S/C10H14N2OS/c13-9(3-10-6-12-7-14-10)5-11-4-8-1-2-8/h6-8,11H,1-5H2. The first-order chi connectivity index (χ1) is 6.84. The molecule has 1 fully saturated rings. The van der Waals surface area contributed by atoms with Gasteiger partial charge in [-0.3, -0.25) is 9.78 Å². The third kappa shape index (κ3) is 3.20. The van der Waals surface area contributed by atoms with Gasteiger partial charge in [-0.05, 0) is 25.3 Å².